The van der Waals surface area contributed by atoms with Crippen molar-refractivity contribution in [3.63, 3.8) is 0 Å². The van der Waals surface area contributed by atoms with Crippen molar-refractivity contribution < 1.29 is 9.64 Å². The van der Waals surface area contributed by atoms with Crippen LogP contribution in [-0.2, 0) is 4.74 Å². The topological polar surface area (TPSA) is 55.0 Å². The third-order valence-corrected chi connectivity index (χ3v) is 4.61. The minimum atomic E-state index is 0.450. The van der Waals surface area contributed by atoms with Crippen molar-refractivity contribution in [2.24, 2.45) is 5.10 Å². The summed E-state index contributed by atoms with van der Waals surface area (Å²) in [5.41, 5.74) is 6.49. The lowest BCUT2D eigenvalue weighted by molar-refractivity contribution is -0.906. The van der Waals surface area contributed by atoms with Gasteiger partial charge in [-0.1, -0.05) is 0 Å². The molecule has 0 aliphatic carbocycles. The average Bonchev–Trinajstić information content (AvgIpc) is 2.82. The van der Waals surface area contributed by atoms with E-state index in [1.165, 1.54) is 11.4 Å². The lowest BCUT2D eigenvalue weighted by Crippen LogP contribution is -3.14. The van der Waals surface area contributed by atoms with Crippen molar-refractivity contribution in [1.82, 2.24) is 15.3 Å². The predicted octanol–water partition coefficient (Wildman–Crippen LogP) is 0.399. The number of hydrogen-bond donors (Lipinski definition) is 3. The lowest BCUT2D eigenvalue weighted by Gasteiger charge is -2.23. The molecule has 2 rings (SSSR count). The molecule has 134 valence electrons. The number of hydrogen-bond acceptors (Lipinski definition) is 3. The zero-order valence-electron chi connectivity index (χ0n) is 15.2. The normalized spacial score (nSPS) is 16.0. The Balaban J connectivity index is 1.75. The highest BCUT2D eigenvalue weighted by Gasteiger charge is 2.13. The van der Waals surface area contributed by atoms with Crippen molar-refractivity contribution in [2.75, 3.05) is 39.4 Å². The van der Waals surface area contributed by atoms with E-state index in [0.29, 0.717) is 11.2 Å². The minimum absolute atomic E-state index is 0.450. The molecule has 0 atom stereocenters. The quantitative estimate of drug-likeness (QED) is 0.394. The van der Waals surface area contributed by atoms with E-state index in [4.69, 9.17) is 17.0 Å². The molecule has 1 aromatic heterocycles. The molecule has 0 spiro atoms. The maximum Gasteiger partial charge on any atom is 0.187 e. The molecular weight excluding hydrogens is 322 g/mol. The molecule has 1 saturated heterocycles. The Morgan fingerprint density at radius 2 is 2.12 bits per heavy atom. The summed E-state index contributed by atoms with van der Waals surface area (Å²) in [6.45, 7) is 14.4. The van der Waals surface area contributed by atoms with E-state index >= 15 is 0 Å². The Morgan fingerprint density at radius 1 is 1.42 bits per heavy atom. The molecule has 1 aliphatic heterocycles. The van der Waals surface area contributed by atoms with Crippen LogP contribution < -0.4 is 15.6 Å². The van der Waals surface area contributed by atoms with E-state index in [2.05, 4.69) is 54.2 Å². The number of rotatable bonds is 6. The Kier molecular flexibility index (Phi) is 7.20. The smallest absolute Gasteiger partial charge is 0.187 e. The second-order valence-electron chi connectivity index (χ2n) is 6.53. The first-order valence-electron chi connectivity index (χ1n) is 8.65. The number of morpholine rings is 1. The van der Waals surface area contributed by atoms with E-state index in [1.807, 2.05) is 6.21 Å². The highest BCUT2D eigenvalue weighted by atomic mass is 32.1. The summed E-state index contributed by atoms with van der Waals surface area (Å²) >= 11 is 5.27. The predicted molar refractivity (Wildman–Crippen MR) is 102 cm³/mol. The summed E-state index contributed by atoms with van der Waals surface area (Å²) in [4.78, 5) is 1.56. The molecule has 0 saturated carbocycles. The third-order valence-electron chi connectivity index (χ3n) is 4.37. The zero-order valence-corrected chi connectivity index (χ0v) is 16.0. The van der Waals surface area contributed by atoms with Gasteiger partial charge in [-0.05, 0) is 46.0 Å². The largest absolute Gasteiger partial charge is 0.370 e. The monoisotopic (exact) mass is 352 g/mol. The summed E-state index contributed by atoms with van der Waals surface area (Å²) in [6.07, 6.45) is 1.84. The third kappa shape index (κ3) is 5.29. The summed E-state index contributed by atoms with van der Waals surface area (Å²) in [5.74, 6) is 0. The number of hydrazone groups is 1. The van der Waals surface area contributed by atoms with Crippen molar-refractivity contribution in [2.45, 2.75) is 33.7 Å². The van der Waals surface area contributed by atoms with E-state index in [0.717, 1.165) is 45.0 Å². The summed E-state index contributed by atoms with van der Waals surface area (Å²) in [5, 5.41) is 8.03. The van der Waals surface area contributed by atoms with Gasteiger partial charge in [-0.25, -0.2) is 0 Å². The summed E-state index contributed by atoms with van der Waals surface area (Å²) in [6, 6.07) is 2.60. The van der Waals surface area contributed by atoms with Gasteiger partial charge in [0.2, 0.25) is 0 Å². The van der Waals surface area contributed by atoms with Crippen LogP contribution in [0.2, 0.25) is 0 Å². The molecule has 2 heterocycles. The van der Waals surface area contributed by atoms with Crippen LogP contribution in [0, 0.1) is 13.8 Å². The number of aryl methyl sites for hydroxylation is 1. The van der Waals surface area contributed by atoms with Gasteiger partial charge in [0, 0.05) is 23.0 Å². The second kappa shape index (κ2) is 9.15. The van der Waals surface area contributed by atoms with Crippen LogP contribution in [0.5, 0.6) is 0 Å². The Hall–Kier alpha value is -1.44. The van der Waals surface area contributed by atoms with Crippen molar-refractivity contribution in [1.29, 1.82) is 0 Å². The number of ether oxygens (including phenoxy) is 1. The summed E-state index contributed by atoms with van der Waals surface area (Å²) < 4.78 is 7.67. The fraction of sp³-hybridized carbons (Fsp3) is 0.647. The Labute approximate surface area is 150 Å². The second-order valence-corrected chi connectivity index (χ2v) is 6.94. The average molecular weight is 353 g/mol. The number of thiocarbonyl (C=S) groups is 1. The molecule has 0 aromatic carbocycles. The van der Waals surface area contributed by atoms with Crippen LogP contribution in [0.1, 0.15) is 36.8 Å². The summed E-state index contributed by atoms with van der Waals surface area (Å²) in [7, 11) is 0. The van der Waals surface area contributed by atoms with Gasteiger partial charge in [-0.2, -0.15) is 5.10 Å². The molecule has 1 aliphatic rings. The maximum absolute atomic E-state index is 5.36. The van der Waals surface area contributed by atoms with Gasteiger partial charge < -0.3 is 19.5 Å². The molecule has 3 N–H and O–H groups in total. The number of nitrogens with zero attached hydrogens (tertiary/aromatic N) is 2. The standard InChI is InChI=1S/C17H29N5OS/c1-13(2)22-14(3)11-16(15(22)4)12-19-20-17(24)18-5-6-21-7-9-23-10-8-21/h11-13H,5-10H2,1-4H3,(H2,18,20,24)/p+1/b19-12-. The number of aromatic nitrogens is 1. The van der Waals surface area contributed by atoms with Crippen LogP contribution in [0.25, 0.3) is 0 Å². The molecule has 0 amide bonds. The van der Waals surface area contributed by atoms with Gasteiger partial charge in [0.05, 0.1) is 32.5 Å². The molecular formula is C17H30N5OS+. The highest BCUT2D eigenvalue weighted by molar-refractivity contribution is 7.80. The first-order valence-corrected chi connectivity index (χ1v) is 9.06. The number of nitrogens with one attached hydrogen (secondary N) is 3. The lowest BCUT2D eigenvalue weighted by atomic mass is 10.2. The molecule has 7 heteroatoms. The first kappa shape index (κ1) is 18.9. The molecule has 1 aromatic rings. The van der Waals surface area contributed by atoms with Crippen molar-refractivity contribution in [3.8, 4) is 0 Å². The van der Waals surface area contributed by atoms with Gasteiger partial charge >= 0.3 is 0 Å². The van der Waals surface area contributed by atoms with Crippen LogP contribution in [0.3, 0.4) is 0 Å². The van der Waals surface area contributed by atoms with E-state index in [1.54, 1.807) is 4.90 Å². The molecule has 1 fully saturated rings. The van der Waals surface area contributed by atoms with Gasteiger partial charge in [-0.15, -0.1) is 0 Å². The van der Waals surface area contributed by atoms with Crippen molar-refractivity contribution >= 4 is 23.5 Å². The molecule has 0 unspecified atom stereocenters. The minimum Gasteiger partial charge on any atom is -0.370 e. The molecule has 6 nitrogen and oxygen atoms in total. The Morgan fingerprint density at radius 3 is 2.75 bits per heavy atom. The fourth-order valence-electron chi connectivity index (χ4n) is 3.19. The first-order chi connectivity index (χ1) is 11.5. The van der Waals surface area contributed by atoms with Gasteiger partial charge in [0.15, 0.2) is 5.11 Å². The van der Waals surface area contributed by atoms with E-state index in [9.17, 15) is 0 Å². The van der Waals surface area contributed by atoms with Gasteiger partial charge in [0.25, 0.3) is 0 Å². The molecule has 0 radical (unpaired) electrons. The zero-order chi connectivity index (χ0) is 17.5. The highest BCUT2D eigenvalue weighted by Crippen LogP contribution is 2.18. The fourth-order valence-corrected chi connectivity index (χ4v) is 3.35. The molecule has 24 heavy (non-hydrogen) atoms. The van der Waals surface area contributed by atoms with E-state index < -0.39 is 0 Å². The Bertz CT molecular complexity index is 576. The van der Waals surface area contributed by atoms with Crippen LogP contribution in [0.4, 0.5) is 0 Å². The van der Waals surface area contributed by atoms with Gasteiger partial charge in [0.1, 0.15) is 13.1 Å². The van der Waals surface area contributed by atoms with Gasteiger partial charge in [-0.3, -0.25) is 5.43 Å². The number of quaternary nitrogens is 1. The SMILES string of the molecule is Cc1cc(/C=N\NC(=S)NCC[NH+]2CCOCC2)c(C)n1C(C)C. The van der Waals surface area contributed by atoms with Crippen LogP contribution >= 0.6 is 12.2 Å². The van der Waals surface area contributed by atoms with Crippen LogP contribution in [-0.4, -0.2) is 55.3 Å². The van der Waals surface area contributed by atoms with Crippen molar-refractivity contribution in [3.05, 3.63) is 23.0 Å². The maximum atomic E-state index is 5.36. The molecule has 0 bridgehead atoms. The van der Waals surface area contributed by atoms with E-state index in [-0.39, 0.29) is 0 Å². The van der Waals surface area contributed by atoms with Crippen LogP contribution in [0.15, 0.2) is 11.2 Å².